The number of amides is 1. The normalized spacial score (nSPS) is 21.7. The summed E-state index contributed by atoms with van der Waals surface area (Å²) in [5, 5.41) is 11.8. The van der Waals surface area contributed by atoms with E-state index in [4.69, 9.17) is 0 Å². The first-order valence-corrected chi connectivity index (χ1v) is 14.2. The molecule has 2 aromatic heterocycles. The highest BCUT2D eigenvalue weighted by Gasteiger charge is 2.33. The van der Waals surface area contributed by atoms with Gasteiger partial charge in [0.15, 0.2) is 15.0 Å². The van der Waals surface area contributed by atoms with Gasteiger partial charge in [0, 0.05) is 30.4 Å². The summed E-state index contributed by atoms with van der Waals surface area (Å²) in [5.74, 6) is 1.40. The van der Waals surface area contributed by atoms with Gasteiger partial charge in [-0.15, -0.1) is 21.5 Å². The topological polar surface area (TPSA) is 85.2 Å². The van der Waals surface area contributed by atoms with Gasteiger partial charge in [-0.25, -0.2) is 8.42 Å². The van der Waals surface area contributed by atoms with Gasteiger partial charge >= 0.3 is 0 Å². The molecule has 2 aliphatic rings. The molecule has 1 amide bonds. The molecular formula is C20H28N4O3S3. The van der Waals surface area contributed by atoms with E-state index in [-0.39, 0.29) is 29.2 Å². The zero-order valence-electron chi connectivity index (χ0n) is 17.2. The van der Waals surface area contributed by atoms with Crippen LogP contribution < -0.4 is 0 Å². The predicted octanol–water partition coefficient (Wildman–Crippen LogP) is 3.17. The van der Waals surface area contributed by atoms with Gasteiger partial charge in [-0.1, -0.05) is 37.1 Å². The van der Waals surface area contributed by atoms with Crippen LogP contribution in [0.15, 0.2) is 22.7 Å². The lowest BCUT2D eigenvalue weighted by Crippen LogP contribution is -2.38. The minimum atomic E-state index is -3.01. The third kappa shape index (κ3) is 5.08. The molecule has 0 N–H and O–H groups in total. The standard InChI is InChI=1S/C20H28N4O3S3/c1-23(16-9-11-30(26,27)14-16)19(25)13-29-20-22-21-18(12-17-8-5-10-28-17)24(20)15-6-3-2-4-7-15/h5,8,10,15-16H,2-4,6-7,9,11-14H2,1H3. The molecule has 1 saturated heterocycles. The molecule has 30 heavy (non-hydrogen) atoms. The van der Waals surface area contributed by atoms with Crippen molar-refractivity contribution >= 4 is 38.8 Å². The van der Waals surface area contributed by atoms with E-state index in [1.807, 2.05) is 0 Å². The van der Waals surface area contributed by atoms with Crippen LogP contribution in [0.3, 0.4) is 0 Å². The summed E-state index contributed by atoms with van der Waals surface area (Å²) in [7, 11) is -1.30. The second-order valence-electron chi connectivity index (χ2n) is 8.17. The van der Waals surface area contributed by atoms with Crippen LogP contribution >= 0.6 is 23.1 Å². The first-order valence-electron chi connectivity index (χ1n) is 10.5. The summed E-state index contributed by atoms with van der Waals surface area (Å²) < 4.78 is 25.7. The average Bonchev–Trinajstić information content (AvgIpc) is 3.47. The van der Waals surface area contributed by atoms with Crippen LogP contribution in [-0.2, 0) is 21.1 Å². The number of aromatic nitrogens is 3. The third-order valence-electron chi connectivity index (χ3n) is 6.06. The second-order valence-corrected chi connectivity index (χ2v) is 12.4. The van der Waals surface area contributed by atoms with Crippen LogP contribution in [-0.4, -0.2) is 64.3 Å². The zero-order valence-corrected chi connectivity index (χ0v) is 19.6. The van der Waals surface area contributed by atoms with E-state index in [0.717, 1.165) is 30.2 Å². The Hall–Kier alpha value is -1.39. The Labute approximate surface area is 186 Å². The Morgan fingerprint density at radius 2 is 2.07 bits per heavy atom. The van der Waals surface area contributed by atoms with E-state index < -0.39 is 9.84 Å². The van der Waals surface area contributed by atoms with Crippen molar-refractivity contribution in [2.45, 2.75) is 62.2 Å². The van der Waals surface area contributed by atoms with Crippen molar-refractivity contribution in [3.63, 3.8) is 0 Å². The summed E-state index contributed by atoms with van der Waals surface area (Å²) in [4.78, 5) is 15.6. The van der Waals surface area contributed by atoms with Crippen LogP contribution in [0.2, 0.25) is 0 Å². The van der Waals surface area contributed by atoms with Crippen LogP contribution in [0.5, 0.6) is 0 Å². The minimum absolute atomic E-state index is 0.0555. The van der Waals surface area contributed by atoms with Crippen molar-refractivity contribution in [1.82, 2.24) is 19.7 Å². The lowest BCUT2D eigenvalue weighted by molar-refractivity contribution is -0.128. The van der Waals surface area contributed by atoms with E-state index in [0.29, 0.717) is 12.5 Å². The Bertz CT molecular complexity index is 966. The summed E-state index contributed by atoms with van der Waals surface area (Å²) in [6.07, 6.45) is 7.23. The predicted molar refractivity (Wildman–Crippen MR) is 120 cm³/mol. The van der Waals surface area contributed by atoms with Crippen LogP contribution in [0.25, 0.3) is 0 Å². The van der Waals surface area contributed by atoms with Crippen LogP contribution in [0.1, 0.15) is 55.3 Å². The summed E-state index contributed by atoms with van der Waals surface area (Å²) in [5.41, 5.74) is 0. The molecule has 1 atom stereocenters. The SMILES string of the molecule is CN(C(=O)CSc1nnc(Cc2cccs2)n1C1CCCCC1)C1CCS(=O)(=O)C1. The van der Waals surface area contributed by atoms with Crippen molar-refractivity contribution in [2.24, 2.45) is 0 Å². The fourth-order valence-corrected chi connectivity index (χ4v) is 7.74. The van der Waals surface area contributed by atoms with E-state index in [1.54, 1.807) is 23.3 Å². The maximum absolute atomic E-state index is 12.7. The fourth-order valence-electron chi connectivity index (χ4n) is 4.31. The Morgan fingerprint density at radius 1 is 1.27 bits per heavy atom. The minimum Gasteiger partial charge on any atom is -0.341 e. The number of hydrogen-bond acceptors (Lipinski definition) is 7. The number of nitrogens with zero attached hydrogens (tertiary/aromatic N) is 4. The largest absolute Gasteiger partial charge is 0.341 e. The van der Waals surface area contributed by atoms with Gasteiger partial charge < -0.3 is 9.47 Å². The maximum Gasteiger partial charge on any atom is 0.233 e. The maximum atomic E-state index is 12.7. The fraction of sp³-hybridized carbons (Fsp3) is 0.650. The number of thioether (sulfide) groups is 1. The molecule has 4 rings (SSSR count). The molecule has 1 saturated carbocycles. The molecule has 0 radical (unpaired) electrons. The Kier molecular flexibility index (Phi) is 6.84. The summed E-state index contributed by atoms with van der Waals surface area (Å²) in [6, 6.07) is 4.34. The van der Waals surface area contributed by atoms with Gasteiger partial charge in [0.1, 0.15) is 5.82 Å². The Balaban J connectivity index is 1.46. The molecule has 0 spiro atoms. The van der Waals surface area contributed by atoms with Gasteiger partial charge in [-0.3, -0.25) is 4.79 Å². The first-order chi connectivity index (χ1) is 14.4. The molecule has 0 aromatic carbocycles. The lowest BCUT2D eigenvalue weighted by atomic mass is 9.95. The van der Waals surface area contributed by atoms with Crippen molar-refractivity contribution in [3.05, 3.63) is 28.2 Å². The molecule has 164 valence electrons. The number of carbonyl (C=O) groups is 1. The van der Waals surface area contributed by atoms with E-state index in [2.05, 4.69) is 32.3 Å². The zero-order chi connectivity index (χ0) is 21.1. The van der Waals surface area contributed by atoms with Crippen LogP contribution in [0, 0.1) is 0 Å². The molecule has 1 aliphatic carbocycles. The molecular weight excluding hydrogens is 440 g/mol. The van der Waals surface area contributed by atoms with Crippen molar-refractivity contribution < 1.29 is 13.2 Å². The van der Waals surface area contributed by atoms with E-state index >= 15 is 0 Å². The lowest BCUT2D eigenvalue weighted by Gasteiger charge is -2.26. The first kappa shape index (κ1) is 21.8. The highest BCUT2D eigenvalue weighted by atomic mass is 32.2. The molecule has 2 aromatic rings. The summed E-state index contributed by atoms with van der Waals surface area (Å²) in [6.45, 7) is 0. The highest BCUT2D eigenvalue weighted by molar-refractivity contribution is 7.99. The summed E-state index contributed by atoms with van der Waals surface area (Å²) >= 11 is 3.14. The van der Waals surface area contributed by atoms with E-state index in [1.165, 1.54) is 35.9 Å². The van der Waals surface area contributed by atoms with Crippen molar-refractivity contribution in [1.29, 1.82) is 0 Å². The average molecular weight is 469 g/mol. The number of thiophene rings is 1. The van der Waals surface area contributed by atoms with Crippen molar-refractivity contribution in [3.8, 4) is 0 Å². The monoisotopic (exact) mass is 468 g/mol. The smallest absolute Gasteiger partial charge is 0.233 e. The van der Waals surface area contributed by atoms with Gasteiger partial charge in [-0.2, -0.15) is 0 Å². The molecule has 2 fully saturated rings. The number of rotatable bonds is 7. The number of carbonyl (C=O) groups excluding carboxylic acids is 1. The van der Waals surface area contributed by atoms with Gasteiger partial charge in [0.25, 0.3) is 0 Å². The third-order valence-corrected chi connectivity index (χ3v) is 9.62. The molecule has 3 heterocycles. The second kappa shape index (κ2) is 9.40. The van der Waals surface area contributed by atoms with Gasteiger partial charge in [-0.05, 0) is 30.7 Å². The van der Waals surface area contributed by atoms with Crippen LogP contribution in [0.4, 0.5) is 0 Å². The molecule has 7 nitrogen and oxygen atoms in total. The highest BCUT2D eigenvalue weighted by Crippen LogP contribution is 2.33. The van der Waals surface area contributed by atoms with Gasteiger partial charge in [0.2, 0.25) is 5.91 Å². The molecule has 1 aliphatic heterocycles. The molecule has 0 bridgehead atoms. The molecule has 1 unspecified atom stereocenters. The van der Waals surface area contributed by atoms with Crippen molar-refractivity contribution in [2.75, 3.05) is 24.3 Å². The van der Waals surface area contributed by atoms with E-state index in [9.17, 15) is 13.2 Å². The Morgan fingerprint density at radius 3 is 2.73 bits per heavy atom. The quantitative estimate of drug-likeness (QED) is 0.580. The molecule has 10 heteroatoms. The van der Waals surface area contributed by atoms with Gasteiger partial charge in [0.05, 0.1) is 17.3 Å². The number of hydrogen-bond donors (Lipinski definition) is 0. The number of sulfone groups is 1.